The molecule has 0 bridgehead atoms. The van der Waals surface area contributed by atoms with Crippen LogP contribution >= 0.6 is 38.9 Å². The molecule has 18 heavy (non-hydrogen) atoms. The molecule has 0 saturated heterocycles. The van der Waals surface area contributed by atoms with Crippen molar-refractivity contribution in [3.05, 3.63) is 55.4 Å². The fourth-order valence-electron chi connectivity index (χ4n) is 1.39. The average molecular weight is 349 g/mol. The average Bonchev–Trinajstić information content (AvgIpc) is 2.75. The number of benzene rings is 1. The Kier molecular flexibility index (Phi) is 4.37. The monoisotopic (exact) mass is 347 g/mol. The number of amides is 1. The molecule has 0 radical (unpaired) electrons. The molecule has 1 aromatic carbocycles. The van der Waals surface area contributed by atoms with Crippen LogP contribution < -0.4 is 5.32 Å². The van der Waals surface area contributed by atoms with E-state index in [1.807, 2.05) is 11.4 Å². The largest absolute Gasteiger partial charge is 0.347 e. The molecule has 0 aliphatic carbocycles. The van der Waals surface area contributed by atoms with Crippen LogP contribution in [0.3, 0.4) is 0 Å². The lowest BCUT2D eigenvalue weighted by molar-refractivity contribution is 0.0947. The van der Waals surface area contributed by atoms with Crippen LogP contribution in [0.4, 0.5) is 4.39 Å². The van der Waals surface area contributed by atoms with Crippen molar-refractivity contribution in [2.24, 2.45) is 0 Å². The van der Waals surface area contributed by atoms with Crippen molar-refractivity contribution in [2.75, 3.05) is 0 Å². The molecule has 1 amide bonds. The van der Waals surface area contributed by atoms with Crippen LogP contribution in [0.1, 0.15) is 15.2 Å². The van der Waals surface area contributed by atoms with Crippen LogP contribution in [0, 0.1) is 5.82 Å². The summed E-state index contributed by atoms with van der Waals surface area (Å²) in [5.74, 6) is -1.17. The highest BCUT2D eigenvalue weighted by Gasteiger charge is 2.14. The summed E-state index contributed by atoms with van der Waals surface area (Å²) < 4.78 is 14.5. The smallest absolute Gasteiger partial charge is 0.254 e. The van der Waals surface area contributed by atoms with Crippen LogP contribution in [0.15, 0.2) is 34.1 Å². The van der Waals surface area contributed by atoms with E-state index in [0.717, 1.165) is 9.35 Å². The minimum atomic E-state index is -0.693. The lowest BCUT2D eigenvalue weighted by atomic mass is 10.2. The van der Waals surface area contributed by atoms with E-state index in [4.69, 9.17) is 11.6 Å². The van der Waals surface area contributed by atoms with Crippen molar-refractivity contribution in [3.63, 3.8) is 0 Å². The Morgan fingerprint density at radius 2 is 2.22 bits per heavy atom. The minimum Gasteiger partial charge on any atom is -0.347 e. The molecule has 0 unspecified atom stereocenters. The van der Waals surface area contributed by atoms with Crippen molar-refractivity contribution in [1.29, 1.82) is 0 Å². The van der Waals surface area contributed by atoms with E-state index in [1.54, 1.807) is 6.07 Å². The molecular weight excluding hydrogens is 341 g/mol. The Balaban J connectivity index is 2.09. The van der Waals surface area contributed by atoms with E-state index in [0.29, 0.717) is 6.54 Å². The summed E-state index contributed by atoms with van der Waals surface area (Å²) >= 11 is 10.5. The van der Waals surface area contributed by atoms with Crippen molar-refractivity contribution in [3.8, 4) is 0 Å². The quantitative estimate of drug-likeness (QED) is 0.883. The first-order valence-corrected chi connectivity index (χ1v) is 7.08. The topological polar surface area (TPSA) is 29.1 Å². The number of halogens is 3. The van der Waals surface area contributed by atoms with Gasteiger partial charge in [-0.3, -0.25) is 4.79 Å². The van der Waals surface area contributed by atoms with Gasteiger partial charge >= 0.3 is 0 Å². The normalized spacial score (nSPS) is 10.4. The maximum atomic E-state index is 13.6. The van der Waals surface area contributed by atoms with Crippen LogP contribution in [0.25, 0.3) is 0 Å². The number of thiophene rings is 1. The van der Waals surface area contributed by atoms with Gasteiger partial charge in [0.25, 0.3) is 5.91 Å². The molecule has 1 N–H and O–H groups in total. The first-order chi connectivity index (χ1) is 8.59. The molecule has 2 nitrogen and oxygen atoms in total. The highest BCUT2D eigenvalue weighted by molar-refractivity contribution is 9.10. The summed E-state index contributed by atoms with van der Waals surface area (Å²) in [5, 5.41) is 4.51. The van der Waals surface area contributed by atoms with Gasteiger partial charge < -0.3 is 5.32 Å². The summed E-state index contributed by atoms with van der Waals surface area (Å²) in [6.45, 7) is 0.350. The Morgan fingerprint density at radius 3 is 2.89 bits per heavy atom. The zero-order chi connectivity index (χ0) is 13.1. The molecule has 2 aromatic rings. The standard InChI is InChI=1S/C12H8BrClFNOS/c13-8-4-5-18-10(8)6-16-12(17)7-2-1-3-9(14)11(7)15/h1-5H,6H2,(H,16,17). The van der Waals surface area contributed by atoms with E-state index in [1.165, 1.54) is 23.5 Å². The fourth-order valence-corrected chi connectivity index (χ4v) is 2.99. The van der Waals surface area contributed by atoms with Gasteiger partial charge in [-0.1, -0.05) is 17.7 Å². The van der Waals surface area contributed by atoms with Gasteiger partial charge in [-0.2, -0.15) is 0 Å². The van der Waals surface area contributed by atoms with Crippen LogP contribution in [-0.2, 0) is 6.54 Å². The molecule has 0 atom stereocenters. The maximum absolute atomic E-state index is 13.6. The van der Waals surface area contributed by atoms with Gasteiger partial charge in [0, 0.05) is 9.35 Å². The summed E-state index contributed by atoms with van der Waals surface area (Å²) in [6.07, 6.45) is 0. The third-order valence-corrected chi connectivity index (χ3v) is 4.52. The van der Waals surface area contributed by atoms with Gasteiger partial charge in [-0.25, -0.2) is 4.39 Å². The van der Waals surface area contributed by atoms with Gasteiger partial charge in [0.15, 0.2) is 5.82 Å². The fraction of sp³-hybridized carbons (Fsp3) is 0.0833. The second kappa shape index (κ2) is 5.82. The zero-order valence-electron chi connectivity index (χ0n) is 9.04. The van der Waals surface area contributed by atoms with E-state index in [2.05, 4.69) is 21.2 Å². The first-order valence-electron chi connectivity index (χ1n) is 5.03. The number of nitrogens with one attached hydrogen (secondary N) is 1. The Labute approximate surface area is 121 Å². The highest BCUT2D eigenvalue weighted by Crippen LogP contribution is 2.22. The molecule has 6 heteroatoms. The van der Waals surface area contributed by atoms with Crippen LogP contribution in [0.5, 0.6) is 0 Å². The summed E-state index contributed by atoms with van der Waals surface area (Å²) in [5.41, 5.74) is -0.0461. The molecule has 0 aliphatic heterocycles. The maximum Gasteiger partial charge on any atom is 0.254 e. The van der Waals surface area contributed by atoms with Gasteiger partial charge in [-0.05, 0) is 39.5 Å². The third-order valence-electron chi connectivity index (χ3n) is 2.30. The summed E-state index contributed by atoms with van der Waals surface area (Å²) in [6, 6.07) is 6.25. The SMILES string of the molecule is O=C(NCc1sccc1Br)c1cccc(Cl)c1F. The van der Waals surface area contributed by atoms with Gasteiger partial charge in [0.05, 0.1) is 17.1 Å². The summed E-state index contributed by atoms with van der Waals surface area (Å²) in [4.78, 5) is 12.8. The first kappa shape index (κ1) is 13.5. The van der Waals surface area contributed by atoms with E-state index in [9.17, 15) is 9.18 Å². The Hall–Kier alpha value is -0.910. The molecule has 1 aromatic heterocycles. The highest BCUT2D eigenvalue weighted by atomic mass is 79.9. The number of carbonyl (C=O) groups is 1. The van der Waals surface area contributed by atoms with Gasteiger partial charge in [0.2, 0.25) is 0 Å². The Bertz CT molecular complexity index is 587. The van der Waals surface area contributed by atoms with Crippen LogP contribution in [-0.4, -0.2) is 5.91 Å². The number of hydrogen-bond acceptors (Lipinski definition) is 2. The number of carbonyl (C=O) groups excluding carboxylic acids is 1. The predicted molar refractivity (Wildman–Crippen MR) is 74.6 cm³/mol. The molecule has 0 spiro atoms. The van der Waals surface area contributed by atoms with E-state index >= 15 is 0 Å². The molecule has 1 heterocycles. The van der Waals surface area contributed by atoms with E-state index in [-0.39, 0.29) is 10.6 Å². The molecule has 94 valence electrons. The van der Waals surface area contributed by atoms with Gasteiger partial charge in [0.1, 0.15) is 0 Å². The van der Waals surface area contributed by atoms with Crippen molar-refractivity contribution in [2.45, 2.75) is 6.54 Å². The molecule has 0 fully saturated rings. The third kappa shape index (κ3) is 2.91. The van der Waals surface area contributed by atoms with Crippen molar-refractivity contribution in [1.82, 2.24) is 5.32 Å². The van der Waals surface area contributed by atoms with E-state index < -0.39 is 11.7 Å². The molecular formula is C12H8BrClFNOS. The second-order valence-corrected chi connectivity index (χ2v) is 5.74. The lowest BCUT2D eigenvalue weighted by Gasteiger charge is -2.06. The molecule has 0 aliphatic rings. The van der Waals surface area contributed by atoms with Crippen molar-refractivity contribution < 1.29 is 9.18 Å². The zero-order valence-corrected chi connectivity index (χ0v) is 12.2. The van der Waals surface area contributed by atoms with Crippen molar-refractivity contribution >= 4 is 44.8 Å². The predicted octanol–water partition coefficient (Wildman–Crippen LogP) is 4.23. The number of hydrogen-bond donors (Lipinski definition) is 1. The van der Waals surface area contributed by atoms with Crippen LogP contribution in [0.2, 0.25) is 5.02 Å². The second-order valence-electron chi connectivity index (χ2n) is 3.48. The Morgan fingerprint density at radius 1 is 1.44 bits per heavy atom. The number of rotatable bonds is 3. The minimum absolute atomic E-state index is 0.0461. The van der Waals surface area contributed by atoms with Gasteiger partial charge in [-0.15, -0.1) is 11.3 Å². The molecule has 2 rings (SSSR count). The lowest BCUT2D eigenvalue weighted by Crippen LogP contribution is -2.23. The summed E-state index contributed by atoms with van der Waals surface area (Å²) in [7, 11) is 0. The molecule has 0 saturated carbocycles.